The average molecular weight is 203 g/mol. The van der Waals surface area contributed by atoms with Gasteiger partial charge in [-0.15, -0.1) is 0 Å². The van der Waals surface area contributed by atoms with Crippen LogP contribution in [0.4, 0.5) is 5.69 Å². The maximum absolute atomic E-state index is 3.49. The molecule has 0 spiro atoms. The second kappa shape index (κ2) is 5.20. The minimum Gasteiger partial charge on any atom is -0.385 e. The average Bonchev–Trinajstić information content (AvgIpc) is 3.05. The van der Waals surface area contributed by atoms with Gasteiger partial charge in [0.1, 0.15) is 0 Å². The number of rotatable bonds is 6. The zero-order valence-corrected chi connectivity index (χ0v) is 9.63. The van der Waals surface area contributed by atoms with Crippen LogP contribution < -0.4 is 5.32 Å². The number of anilines is 1. The molecule has 1 heteroatoms. The van der Waals surface area contributed by atoms with Crippen LogP contribution in [0.1, 0.15) is 38.2 Å². The molecule has 1 saturated carbocycles. The molecule has 0 aromatic heterocycles. The SMILES string of the molecule is CCCc1ccc(NCCC2CC2)cc1. The lowest BCUT2D eigenvalue weighted by molar-refractivity contribution is 0.760. The highest BCUT2D eigenvalue weighted by molar-refractivity contribution is 5.44. The van der Waals surface area contributed by atoms with Gasteiger partial charge in [-0.2, -0.15) is 0 Å². The van der Waals surface area contributed by atoms with E-state index in [4.69, 9.17) is 0 Å². The standard InChI is InChI=1S/C14H21N/c1-2-3-12-6-8-14(9-7-12)15-11-10-13-4-5-13/h6-9,13,15H,2-5,10-11H2,1H3. The topological polar surface area (TPSA) is 12.0 Å². The summed E-state index contributed by atoms with van der Waals surface area (Å²) in [6.07, 6.45) is 6.68. The molecule has 0 unspecified atom stereocenters. The molecule has 15 heavy (non-hydrogen) atoms. The van der Waals surface area contributed by atoms with Crippen molar-refractivity contribution >= 4 is 5.69 Å². The Labute approximate surface area is 92.9 Å². The van der Waals surface area contributed by atoms with E-state index in [-0.39, 0.29) is 0 Å². The molecule has 0 amide bonds. The van der Waals surface area contributed by atoms with Gasteiger partial charge in [0.05, 0.1) is 0 Å². The lowest BCUT2D eigenvalue weighted by Crippen LogP contribution is -2.01. The summed E-state index contributed by atoms with van der Waals surface area (Å²) in [7, 11) is 0. The van der Waals surface area contributed by atoms with Crippen LogP contribution in [0.2, 0.25) is 0 Å². The van der Waals surface area contributed by atoms with E-state index in [9.17, 15) is 0 Å². The van der Waals surface area contributed by atoms with Crippen LogP contribution in [0.3, 0.4) is 0 Å². The minimum absolute atomic E-state index is 1.02. The van der Waals surface area contributed by atoms with Crippen molar-refractivity contribution in [2.75, 3.05) is 11.9 Å². The van der Waals surface area contributed by atoms with Crippen molar-refractivity contribution in [3.05, 3.63) is 29.8 Å². The van der Waals surface area contributed by atoms with Crippen molar-refractivity contribution in [3.63, 3.8) is 0 Å². The van der Waals surface area contributed by atoms with Crippen molar-refractivity contribution in [1.82, 2.24) is 0 Å². The fourth-order valence-electron chi connectivity index (χ4n) is 1.91. The van der Waals surface area contributed by atoms with Gasteiger partial charge in [0.2, 0.25) is 0 Å². The number of hydrogen-bond donors (Lipinski definition) is 1. The summed E-state index contributed by atoms with van der Waals surface area (Å²) in [5, 5.41) is 3.49. The van der Waals surface area contributed by atoms with Crippen LogP contribution >= 0.6 is 0 Å². The van der Waals surface area contributed by atoms with E-state index in [2.05, 4.69) is 36.5 Å². The molecule has 1 aromatic rings. The van der Waals surface area contributed by atoms with E-state index in [0.717, 1.165) is 12.5 Å². The summed E-state index contributed by atoms with van der Waals surface area (Å²) in [4.78, 5) is 0. The molecule has 1 aliphatic carbocycles. The number of aryl methyl sites for hydroxylation is 1. The Bertz CT molecular complexity index is 285. The number of nitrogens with one attached hydrogen (secondary N) is 1. The third-order valence-corrected chi connectivity index (χ3v) is 3.07. The first kappa shape index (κ1) is 10.5. The molecule has 0 bridgehead atoms. The Morgan fingerprint density at radius 1 is 1.20 bits per heavy atom. The molecule has 0 radical (unpaired) electrons. The minimum atomic E-state index is 1.02. The van der Waals surface area contributed by atoms with Gasteiger partial charge >= 0.3 is 0 Å². The zero-order chi connectivity index (χ0) is 10.5. The predicted octanol–water partition coefficient (Wildman–Crippen LogP) is 3.85. The first-order chi connectivity index (χ1) is 7.38. The molecular formula is C14H21N. The Hall–Kier alpha value is -0.980. The summed E-state index contributed by atoms with van der Waals surface area (Å²) >= 11 is 0. The first-order valence-electron chi connectivity index (χ1n) is 6.21. The summed E-state index contributed by atoms with van der Waals surface area (Å²) in [5.41, 5.74) is 2.72. The molecule has 0 aliphatic heterocycles. The van der Waals surface area contributed by atoms with Crippen molar-refractivity contribution in [2.24, 2.45) is 5.92 Å². The Morgan fingerprint density at radius 3 is 2.53 bits per heavy atom. The third kappa shape index (κ3) is 3.58. The van der Waals surface area contributed by atoms with Crippen LogP contribution in [-0.4, -0.2) is 6.54 Å². The molecular weight excluding hydrogens is 182 g/mol. The monoisotopic (exact) mass is 203 g/mol. The summed E-state index contributed by atoms with van der Waals surface area (Å²) < 4.78 is 0. The highest BCUT2D eigenvalue weighted by Gasteiger charge is 2.19. The molecule has 0 heterocycles. The molecule has 1 fully saturated rings. The largest absolute Gasteiger partial charge is 0.385 e. The van der Waals surface area contributed by atoms with Gasteiger partial charge in [0, 0.05) is 12.2 Å². The summed E-state index contributed by atoms with van der Waals surface area (Å²) in [6.45, 7) is 3.36. The van der Waals surface area contributed by atoms with E-state index in [1.807, 2.05) is 0 Å². The number of hydrogen-bond acceptors (Lipinski definition) is 1. The number of benzene rings is 1. The van der Waals surface area contributed by atoms with E-state index >= 15 is 0 Å². The molecule has 1 aliphatic rings. The van der Waals surface area contributed by atoms with Gasteiger partial charge in [0.25, 0.3) is 0 Å². The third-order valence-electron chi connectivity index (χ3n) is 3.07. The van der Waals surface area contributed by atoms with Crippen LogP contribution in [0, 0.1) is 5.92 Å². The van der Waals surface area contributed by atoms with Gasteiger partial charge in [-0.1, -0.05) is 38.3 Å². The Balaban J connectivity index is 1.75. The van der Waals surface area contributed by atoms with E-state index in [1.165, 1.54) is 43.4 Å². The predicted molar refractivity (Wildman–Crippen MR) is 66.3 cm³/mol. The van der Waals surface area contributed by atoms with Gasteiger partial charge < -0.3 is 5.32 Å². The Kier molecular flexibility index (Phi) is 3.65. The maximum atomic E-state index is 3.49. The fraction of sp³-hybridized carbons (Fsp3) is 0.571. The Morgan fingerprint density at radius 2 is 1.93 bits per heavy atom. The van der Waals surface area contributed by atoms with Gasteiger partial charge in [-0.25, -0.2) is 0 Å². The lowest BCUT2D eigenvalue weighted by Gasteiger charge is -2.06. The summed E-state index contributed by atoms with van der Waals surface area (Å²) in [6, 6.07) is 8.89. The van der Waals surface area contributed by atoms with Crippen molar-refractivity contribution in [2.45, 2.75) is 39.0 Å². The van der Waals surface area contributed by atoms with Crippen molar-refractivity contribution in [3.8, 4) is 0 Å². The van der Waals surface area contributed by atoms with Gasteiger partial charge in [-0.3, -0.25) is 0 Å². The van der Waals surface area contributed by atoms with E-state index in [1.54, 1.807) is 0 Å². The molecule has 1 nitrogen and oxygen atoms in total. The van der Waals surface area contributed by atoms with Crippen LogP contribution in [0.25, 0.3) is 0 Å². The molecule has 82 valence electrons. The van der Waals surface area contributed by atoms with Crippen molar-refractivity contribution in [1.29, 1.82) is 0 Å². The molecule has 0 atom stereocenters. The van der Waals surface area contributed by atoms with E-state index < -0.39 is 0 Å². The van der Waals surface area contributed by atoms with Gasteiger partial charge in [-0.05, 0) is 36.5 Å². The van der Waals surface area contributed by atoms with Gasteiger partial charge in [0.15, 0.2) is 0 Å². The van der Waals surface area contributed by atoms with E-state index in [0.29, 0.717) is 0 Å². The normalized spacial score (nSPS) is 15.3. The van der Waals surface area contributed by atoms with Crippen LogP contribution in [0.5, 0.6) is 0 Å². The van der Waals surface area contributed by atoms with Crippen molar-refractivity contribution < 1.29 is 0 Å². The highest BCUT2D eigenvalue weighted by atomic mass is 14.9. The zero-order valence-electron chi connectivity index (χ0n) is 9.63. The highest BCUT2D eigenvalue weighted by Crippen LogP contribution is 2.32. The summed E-state index contributed by atoms with van der Waals surface area (Å²) in [5.74, 6) is 1.02. The van der Waals surface area contributed by atoms with Crippen LogP contribution in [0.15, 0.2) is 24.3 Å². The fourth-order valence-corrected chi connectivity index (χ4v) is 1.91. The van der Waals surface area contributed by atoms with Crippen LogP contribution in [-0.2, 0) is 6.42 Å². The second-order valence-corrected chi connectivity index (χ2v) is 4.61. The molecule has 0 saturated heterocycles. The maximum Gasteiger partial charge on any atom is 0.0340 e. The molecule has 2 rings (SSSR count). The first-order valence-corrected chi connectivity index (χ1v) is 6.21. The lowest BCUT2D eigenvalue weighted by atomic mass is 10.1. The molecule has 1 aromatic carbocycles. The quantitative estimate of drug-likeness (QED) is 0.740. The molecule has 1 N–H and O–H groups in total. The smallest absolute Gasteiger partial charge is 0.0340 e. The second-order valence-electron chi connectivity index (χ2n) is 4.61.